The molecule has 5 heteroatoms. The summed E-state index contributed by atoms with van der Waals surface area (Å²) in [4.78, 5) is 4.84. The van der Waals surface area contributed by atoms with Gasteiger partial charge in [0.25, 0.3) is 0 Å². The highest BCUT2D eigenvalue weighted by Gasteiger charge is 2.24. The lowest BCUT2D eigenvalue weighted by Gasteiger charge is -2.11. The van der Waals surface area contributed by atoms with Crippen LogP contribution in [0.2, 0.25) is 0 Å². The fourth-order valence-corrected chi connectivity index (χ4v) is 3.06. The van der Waals surface area contributed by atoms with E-state index >= 15 is 0 Å². The first-order valence-corrected chi connectivity index (χ1v) is 8.27. The van der Waals surface area contributed by atoms with Crippen molar-refractivity contribution >= 4 is 22.5 Å². The summed E-state index contributed by atoms with van der Waals surface area (Å²) in [6.07, 6.45) is 2.38. The Hall–Kier alpha value is -2.95. The maximum Gasteiger partial charge on any atom is 0.211 e. The van der Waals surface area contributed by atoms with Gasteiger partial charge in [-0.3, -0.25) is 0 Å². The number of hydrogen-bond donors (Lipinski definition) is 1. The average molecular weight is 315 g/mol. The van der Waals surface area contributed by atoms with Gasteiger partial charge in [-0.1, -0.05) is 35.9 Å². The molecule has 118 valence electrons. The van der Waals surface area contributed by atoms with Crippen molar-refractivity contribution in [2.45, 2.75) is 25.8 Å². The summed E-state index contributed by atoms with van der Waals surface area (Å²) in [6.45, 7) is 2.09. The Balaban J connectivity index is 1.83. The number of rotatable bonds is 3. The van der Waals surface area contributed by atoms with Crippen LogP contribution in [0.1, 0.15) is 18.4 Å². The van der Waals surface area contributed by atoms with Crippen LogP contribution in [0.5, 0.6) is 0 Å². The first kappa shape index (κ1) is 13.5. The number of hydrogen-bond acceptors (Lipinski definition) is 4. The molecule has 0 atom stereocenters. The van der Waals surface area contributed by atoms with E-state index in [9.17, 15) is 0 Å². The van der Waals surface area contributed by atoms with Crippen molar-refractivity contribution in [2.75, 3.05) is 5.32 Å². The number of aromatic nitrogens is 4. The largest absolute Gasteiger partial charge is 0.353 e. The summed E-state index contributed by atoms with van der Waals surface area (Å²) in [7, 11) is 0. The Kier molecular flexibility index (Phi) is 2.82. The van der Waals surface area contributed by atoms with Crippen molar-refractivity contribution < 1.29 is 0 Å². The Morgan fingerprint density at radius 1 is 1.04 bits per heavy atom. The molecule has 1 saturated carbocycles. The predicted molar refractivity (Wildman–Crippen MR) is 95.1 cm³/mol. The number of para-hydroxylation sites is 1. The minimum absolute atomic E-state index is 0.509. The van der Waals surface area contributed by atoms with Crippen molar-refractivity contribution in [1.82, 2.24) is 19.6 Å². The van der Waals surface area contributed by atoms with Crippen LogP contribution >= 0.6 is 0 Å². The SMILES string of the molecule is Cc1cccc(-c2nnc3c4ccccc4nc(NC4CC4)n23)c1. The number of fused-ring (bicyclic) bond motifs is 3. The number of aryl methyl sites for hydroxylation is 1. The summed E-state index contributed by atoms with van der Waals surface area (Å²) < 4.78 is 2.05. The van der Waals surface area contributed by atoms with E-state index in [4.69, 9.17) is 4.98 Å². The molecule has 1 fully saturated rings. The molecule has 1 N–H and O–H groups in total. The van der Waals surface area contributed by atoms with Crippen molar-refractivity contribution in [3.05, 3.63) is 54.1 Å². The third-order valence-corrected chi connectivity index (χ3v) is 4.43. The van der Waals surface area contributed by atoms with Crippen molar-refractivity contribution in [3.63, 3.8) is 0 Å². The fourth-order valence-electron chi connectivity index (χ4n) is 3.06. The number of anilines is 1. The van der Waals surface area contributed by atoms with Gasteiger partial charge in [-0.15, -0.1) is 10.2 Å². The van der Waals surface area contributed by atoms with E-state index in [-0.39, 0.29) is 0 Å². The van der Waals surface area contributed by atoms with Crippen LogP contribution in [0.4, 0.5) is 5.95 Å². The topological polar surface area (TPSA) is 55.1 Å². The van der Waals surface area contributed by atoms with Gasteiger partial charge in [0.2, 0.25) is 5.95 Å². The van der Waals surface area contributed by atoms with Gasteiger partial charge in [0.1, 0.15) is 0 Å². The van der Waals surface area contributed by atoms with Crippen LogP contribution in [0, 0.1) is 6.92 Å². The number of nitrogens with one attached hydrogen (secondary N) is 1. The van der Waals surface area contributed by atoms with Gasteiger partial charge in [0, 0.05) is 17.0 Å². The molecule has 0 saturated heterocycles. The quantitative estimate of drug-likeness (QED) is 0.624. The molecule has 0 spiro atoms. The molecule has 24 heavy (non-hydrogen) atoms. The summed E-state index contributed by atoms with van der Waals surface area (Å²) in [5, 5.41) is 13.5. The molecule has 1 aliphatic rings. The fraction of sp³-hybridized carbons (Fsp3) is 0.211. The van der Waals surface area contributed by atoms with E-state index in [2.05, 4.69) is 45.0 Å². The summed E-state index contributed by atoms with van der Waals surface area (Å²) in [6, 6.07) is 16.9. The second kappa shape index (κ2) is 5.03. The van der Waals surface area contributed by atoms with E-state index in [1.807, 2.05) is 30.3 Å². The molecule has 2 aromatic heterocycles. The monoisotopic (exact) mass is 315 g/mol. The highest BCUT2D eigenvalue weighted by Crippen LogP contribution is 2.30. The first-order chi connectivity index (χ1) is 11.8. The van der Waals surface area contributed by atoms with Crippen molar-refractivity contribution in [2.24, 2.45) is 0 Å². The van der Waals surface area contributed by atoms with E-state index in [0.717, 1.165) is 33.9 Å². The Labute approximate surface area is 139 Å². The van der Waals surface area contributed by atoms with Crippen molar-refractivity contribution in [1.29, 1.82) is 0 Å². The lowest BCUT2D eigenvalue weighted by atomic mass is 10.1. The van der Waals surface area contributed by atoms with Crippen LogP contribution < -0.4 is 5.32 Å². The molecule has 0 amide bonds. The molecule has 0 aliphatic heterocycles. The molecule has 2 heterocycles. The van der Waals surface area contributed by atoms with E-state index < -0.39 is 0 Å². The Morgan fingerprint density at radius 2 is 1.92 bits per heavy atom. The second-order valence-electron chi connectivity index (χ2n) is 6.42. The van der Waals surface area contributed by atoms with Crippen LogP contribution in [0.25, 0.3) is 27.9 Å². The highest BCUT2D eigenvalue weighted by molar-refractivity contribution is 5.93. The van der Waals surface area contributed by atoms with Gasteiger partial charge in [-0.25, -0.2) is 9.38 Å². The molecular formula is C19H17N5. The first-order valence-electron chi connectivity index (χ1n) is 8.27. The zero-order valence-corrected chi connectivity index (χ0v) is 13.4. The van der Waals surface area contributed by atoms with Crippen LogP contribution in [0.3, 0.4) is 0 Å². The smallest absolute Gasteiger partial charge is 0.211 e. The van der Waals surface area contributed by atoms with Gasteiger partial charge < -0.3 is 5.32 Å². The molecule has 0 unspecified atom stereocenters. The van der Waals surface area contributed by atoms with Crippen LogP contribution in [-0.2, 0) is 0 Å². The van der Waals surface area contributed by atoms with E-state index in [0.29, 0.717) is 6.04 Å². The Bertz CT molecular complexity index is 1060. The highest BCUT2D eigenvalue weighted by atomic mass is 15.3. The van der Waals surface area contributed by atoms with Gasteiger partial charge >= 0.3 is 0 Å². The molecular weight excluding hydrogens is 298 g/mol. The summed E-state index contributed by atoms with van der Waals surface area (Å²) in [5.41, 5.74) is 4.05. The standard InChI is InChI=1S/C19H17N5/c1-12-5-4-6-13(11-12)17-22-23-18-15-7-2-3-8-16(15)21-19(24(17)18)20-14-9-10-14/h2-8,11,14H,9-10H2,1H3,(H,20,21). The Morgan fingerprint density at radius 3 is 2.75 bits per heavy atom. The van der Waals surface area contributed by atoms with Gasteiger partial charge in [0.15, 0.2) is 11.5 Å². The second-order valence-corrected chi connectivity index (χ2v) is 6.42. The van der Waals surface area contributed by atoms with Crippen LogP contribution in [0.15, 0.2) is 48.5 Å². The third kappa shape index (κ3) is 2.12. The minimum Gasteiger partial charge on any atom is -0.353 e. The molecule has 0 bridgehead atoms. The minimum atomic E-state index is 0.509. The molecule has 0 radical (unpaired) electrons. The van der Waals surface area contributed by atoms with E-state index in [1.54, 1.807) is 0 Å². The van der Waals surface area contributed by atoms with Gasteiger partial charge in [-0.2, -0.15) is 0 Å². The summed E-state index contributed by atoms with van der Waals surface area (Å²) >= 11 is 0. The normalized spacial score (nSPS) is 14.4. The lowest BCUT2D eigenvalue weighted by Crippen LogP contribution is -2.09. The molecule has 5 rings (SSSR count). The lowest BCUT2D eigenvalue weighted by molar-refractivity contribution is 1.03. The molecule has 1 aliphatic carbocycles. The zero-order chi connectivity index (χ0) is 16.1. The zero-order valence-electron chi connectivity index (χ0n) is 13.4. The summed E-state index contributed by atoms with van der Waals surface area (Å²) in [5.74, 6) is 1.66. The maximum absolute atomic E-state index is 4.84. The predicted octanol–water partition coefficient (Wildman–Crippen LogP) is 3.83. The van der Waals surface area contributed by atoms with Crippen LogP contribution in [-0.4, -0.2) is 25.6 Å². The third-order valence-electron chi connectivity index (χ3n) is 4.43. The molecule has 2 aromatic carbocycles. The molecule has 4 aromatic rings. The van der Waals surface area contributed by atoms with Crippen molar-refractivity contribution in [3.8, 4) is 11.4 Å². The van der Waals surface area contributed by atoms with Gasteiger partial charge in [-0.05, 0) is 38.0 Å². The number of nitrogens with zero attached hydrogens (tertiary/aromatic N) is 4. The maximum atomic E-state index is 4.84. The van der Waals surface area contributed by atoms with E-state index in [1.165, 1.54) is 18.4 Å². The average Bonchev–Trinajstić information content (AvgIpc) is 3.29. The number of benzene rings is 2. The molecule has 5 nitrogen and oxygen atoms in total. The van der Waals surface area contributed by atoms with Gasteiger partial charge in [0.05, 0.1) is 5.52 Å².